The van der Waals surface area contributed by atoms with Crippen LogP contribution in [0.2, 0.25) is 0 Å². The number of aromatic nitrogens is 2. The van der Waals surface area contributed by atoms with E-state index in [1.54, 1.807) is 28.8 Å². The largest absolute Gasteiger partial charge is 0.497 e. The molecule has 0 aliphatic carbocycles. The first-order chi connectivity index (χ1) is 16.6. The number of rotatable bonds is 9. The summed E-state index contributed by atoms with van der Waals surface area (Å²) in [6.45, 7) is 8.72. The number of benzene rings is 2. The summed E-state index contributed by atoms with van der Waals surface area (Å²) in [6, 6.07) is 16.6. The quantitative estimate of drug-likeness (QED) is 0.370. The normalized spacial score (nSPS) is 11.3. The zero-order chi connectivity index (χ0) is 25.6. The van der Waals surface area contributed by atoms with Crippen molar-refractivity contribution in [3.05, 3.63) is 70.3 Å². The van der Waals surface area contributed by atoms with Crippen LogP contribution in [0.3, 0.4) is 0 Å². The second kappa shape index (κ2) is 11.5. The fraction of sp³-hybridized carbons (Fsp3) is 0.370. The average molecular weight is 541 g/mol. The number of carbonyl (C=O) groups is 2. The number of hydrogen-bond acceptors (Lipinski definition) is 4. The van der Waals surface area contributed by atoms with Crippen LogP contribution >= 0.6 is 15.9 Å². The minimum Gasteiger partial charge on any atom is -0.497 e. The summed E-state index contributed by atoms with van der Waals surface area (Å²) in [5.41, 5.74) is 1.98. The zero-order valence-corrected chi connectivity index (χ0v) is 22.6. The van der Waals surface area contributed by atoms with Gasteiger partial charge in [0.15, 0.2) is 0 Å². The first-order valence-electron chi connectivity index (χ1n) is 11.7. The van der Waals surface area contributed by atoms with Crippen LogP contribution in [0.15, 0.2) is 59.1 Å². The van der Waals surface area contributed by atoms with Crippen molar-refractivity contribution in [3.63, 3.8) is 0 Å². The molecule has 0 saturated carbocycles. The highest BCUT2D eigenvalue weighted by molar-refractivity contribution is 9.10. The number of amides is 2. The summed E-state index contributed by atoms with van der Waals surface area (Å²) < 4.78 is 7.80. The molecule has 0 saturated heterocycles. The van der Waals surface area contributed by atoms with Crippen LogP contribution < -0.4 is 10.1 Å². The molecule has 0 atom stereocenters. The first-order valence-corrected chi connectivity index (χ1v) is 12.5. The highest BCUT2D eigenvalue weighted by atomic mass is 79.9. The maximum atomic E-state index is 13.2. The summed E-state index contributed by atoms with van der Waals surface area (Å²) in [5.74, 6) is 0.837. The Kier molecular flexibility index (Phi) is 8.72. The maximum Gasteiger partial charge on any atom is 0.254 e. The van der Waals surface area contributed by atoms with Crippen LogP contribution in [0.25, 0.3) is 5.69 Å². The van der Waals surface area contributed by atoms with Crippen LogP contribution in [0.4, 0.5) is 5.82 Å². The van der Waals surface area contributed by atoms with Gasteiger partial charge in [-0.15, -0.1) is 0 Å². The molecule has 0 aliphatic rings. The molecule has 0 spiro atoms. The van der Waals surface area contributed by atoms with Gasteiger partial charge < -0.3 is 15.0 Å². The molecule has 0 fully saturated rings. The van der Waals surface area contributed by atoms with Gasteiger partial charge in [0.05, 0.1) is 18.5 Å². The molecule has 1 heterocycles. The van der Waals surface area contributed by atoms with Gasteiger partial charge in [0.1, 0.15) is 18.1 Å². The first kappa shape index (κ1) is 26.5. The Morgan fingerprint density at radius 1 is 1.11 bits per heavy atom. The van der Waals surface area contributed by atoms with Gasteiger partial charge in [-0.3, -0.25) is 9.59 Å². The number of nitrogens with zero attached hydrogens (tertiary/aromatic N) is 3. The van der Waals surface area contributed by atoms with E-state index in [0.717, 1.165) is 34.4 Å². The molecule has 0 unspecified atom stereocenters. The summed E-state index contributed by atoms with van der Waals surface area (Å²) in [5, 5.41) is 7.74. The van der Waals surface area contributed by atoms with E-state index >= 15 is 0 Å². The molecular formula is C27H33BrN4O3. The standard InChI is InChI=1S/C27H33BrN4O3/c1-6-7-15-31(26(34)19-9-8-10-20(28)16-19)18-25(33)29-24-17-23(27(2,3)4)30-32(24)21-11-13-22(35-5)14-12-21/h8-14,16-17H,6-7,15,18H2,1-5H3,(H,29,33). The number of methoxy groups -OCH3 is 1. The van der Waals surface area contributed by atoms with E-state index in [4.69, 9.17) is 9.84 Å². The Morgan fingerprint density at radius 3 is 2.43 bits per heavy atom. The average Bonchev–Trinajstić information content (AvgIpc) is 3.25. The molecule has 1 aromatic heterocycles. The molecule has 0 radical (unpaired) electrons. The number of nitrogens with one attached hydrogen (secondary N) is 1. The van der Waals surface area contributed by atoms with Crippen LogP contribution in [0.5, 0.6) is 5.75 Å². The van der Waals surface area contributed by atoms with E-state index in [1.807, 2.05) is 42.5 Å². The van der Waals surface area contributed by atoms with E-state index in [9.17, 15) is 9.59 Å². The lowest BCUT2D eigenvalue weighted by molar-refractivity contribution is -0.117. The Balaban J connectivity index is 1.86. The summed E-state index contributed by atoms with van der Waals surface area (Å²) in [7, 11) is 1.62. The van der Waals surface area contributed by atoms with Crippen LogP contribution in [0.1, 0.15) is 56.6 Å². The van der Waals surface area contributed by atoms with Crippen molar-refractivity contribution in [2.24, 2.45) is 0 Å². The third-order valence-corrected chi connectivity index (χ3v) is 6.03. The summed E-state index contributed by atoms with van der Waals surface area (Å²) in [4.78, 5) is 27.9. The van der Waals surface area contributed by atoms with Crippen molar-refractivity contribution < 1.29 is 14.3 Å². The monoisotopic (exact) mass is 540 g/mol. The summed E-state index contributed by atoms with van der Waals surface area (Å²) in [6.07, 6.45) is 1.73. The van der Waals surface area contributed by atoms with Gasteiger partial charge in [-0.1, -0.05) is 56.1 Å². The number of anilines is 1. The zero-order valence-electron chi connectivity index (χ0n) is 21.0. The summed E-state index contributed by atoms with van der Waals surface area (Å²) >= 11 is 3.42. The van der Waals surface area contributed by atoms with Crippen molar-refractivity contribution >= 4 is 33.6 Å². The van der Waals surface area contributed by atoms with E-state index in [1.165, 1.54) is 0 Å². The molecular weight excluding hydrogens is 508 g/mol. The van der Waals surface area contributed by atoms with E-state index in [-0.39, 0.29) is 23.8 Å². The molecule has 2 aromatic carbocycles. The predicted molar refractivity (Wildman–Crippen MR) is 142 cm³/mol. The minimum atomic E-state index is -0.278. The van der Waals surface area contributed by atoms with Crippen molar-refractivity contribution in [1.29, 1.82) is 0 Å². The Bertz CT molecular complexity index is 1170. The lowest BCUT2D eigenvalue weighted by Crippen LogP contribution is -2.39. The third kappa shape index (κ3) is 6.94. The molecule has 2 amide bonds. The minimum absolute atomic E-state index is 0.0516. The lowest BCUT2D eigenvalue weighted by atomic mass is 9.92. The van der Waals surface area contributed by atoms with Crippen molar-refractivity contribution in [1.82, 2.24) is 14.7 Å². The Labute approximate surface area is 215 Å². The maximum absolute atomic E-state index is 13.2. The van der Waals surface area contributed by atoms with Gasteiger partial charge >= 0.3 is 0 Å². The van der Waals surface area contributed by atoms with Crippen LogP contribution in [0, 0.1) is 0 Å². The number of unbranched alkanes of at least 4 members (excludes halogenated alkanes) is 1. The van der Waals surface area contributed by atoms with E-state index in [2.05, 4.69) is 48.9 Å². The fourth-order valence-corrected chi connectivity index (χ4v) is 3.92. The van der Waals surface area contributed by atoms with Crippen molar-refractivity contribution in [2.45, 2.75) is 46.0 Å². The molecule has 3 rings (SSSR count). The third-order valence-electron chi connectivity index (χ3n) is 5.54. The smallest absolute Gasteiger partial charge is 0.254 e. The fourth-order valence-electron chi connectivity index (χ4n) is 3.52. The molecule has 186 valence electrons. The highest BCUT2D eigenvalue weighted by Crippen LogP contribution is 2.27. The van der Waals surface area contributed by atoms with Gasteiger partial charge in [-0.25, -0.2) is 4.68 Å². The Hall–Kier alpha value is -3.13. The van der Waals surface area contributed by atoms with E-state index < -0.39 is 0 Å². The molecule has 8 heteroatoms. The van der Waals surface area contributed by atoms with Gasteiger partial charge in [-0.2, -0.15) is 5.10 Å². The lowest BCUT2D eigenvalue weighted by Gasteiger charge is -2.22. The SMILES string of the molecule is CCCCN(CC(=O)Nc1cc(C(C)(C)C)nn1-c1ccc(OC)cc1)C(=O)c1cccc(Br)c1. The topological polar surface area (TPSA) is 76.5 Å². The highest BCUT2D eigenvalue weighted by Gasteiger charge is 2.23. The molecule has 7 nitrogen and oxygen atoms in total. The predicted octanol–water partition coefficient (Wildman–Crippen LogP) is 5.82. The van der Waals surface area contributed by atoms with Gasteiger partial charge in [0, 0.05) is 28.1 Å². The number of ether oxygens (including phenoxy) is 1. The molecule has 35 heavy (non-hydrogen) atoms. The van der Waals surface area contributed by atoms with Crippen LogP contribution in [-0.4, -0.2) is 46.7 Å². The molecule has 1 N–H and O–H groups in total. The van der Waals surface area contributed by atoms with Crippen molar-refractivity contribution in [2.75, 3.05) is 25.5 Å². The second-order valence-electron chi connectivity index (χ2n) is 9.41. The number of halogens is 1. The van der Waals surface area contributed by atoms with Gasteiger partial charge in [0.2, 0.25) is 5.91 Å². The van der Waals surface area contributed by atoms with E-state index in [0.29, 0.717) is 17.9 Å². The van der Waals surface area contributed by atoms with Gasteiger partial charge in [-0.05, 0) is 48.9 Å². The number of hydrogen-bond donors (Lipinski definition) is 1. The molecule has 3 aromatic rings. The van der Waals surface area contributed by atoms with Crippen LogP contribution in [-0.2, 0) is 10.2 Å². The second-order valence-corrected chi connectivity index (χ2v) is 10.3. The van der Waals surface area contributed by atoms with Crippen molar-refractivity contribution in [3.8, 4) is 11.4 Å². The van der Waals surface area contributed by atoms with Gasteiger partial charge in [0.25, 0.3) is 5.91 Å². The Morgan fingerprint density at radius 2 is 1.83 bits per heavy atom. The molecule has 0 aliphatic heterocycles. The number of carbonyl (C=O) groups excluding carboxylic acids is 2. The molecule has 0 bridgehead atoms.